The smallest absolute Gasteiger partial charge is 0.756 e. The molecule has 1 unspecified atom stereocenters. The number of carbonyl (C=O) groups is 1. The van der Waals surface area contributed by atoms with Gasteiger partial charge in [-0.2, -0.15) is 0 Å². The third-order valence-electron chi connectivity index (χ3n) is 3.92. The van der Waals surface area contributed by atoms with Gasteiger partial charge in [0, 0.05) is 12.5 Å². The van der Waals surface area contributed by atoms with Crippen LogP contribution in [0.15, 0.2) is 60.8 Å². The second-order valence-electron chi connectivity index (χ2n) is 6.58. The fraction of sp³-hybridized carbons (Fsp3) is 0.421. The minimum absolute atomic E-state index is 0. The first-order valence-corrected chi connectivity index (χ1v) is 10.4. The van der Waals surface area contributed by atoms with E-state index < -0.39 is 50.2 Å². The summed E-state index contributed by atoms with van der Waals surface area (Å²) in [6.07, 6.45) is 7.77. The Morgan fingerprint density at radius 2 is 2.00 bits per heavy atom. The maximum absolute atomic E-state index is 11.3. The first-order chi connectivity index (χ1) is 13.9. The molecule has 0 fully saturated rings. The summed E-state index contributed by atoms with van der Waals surface area (Å²) in [7, 11) is -5.27. The standard InChI is InChI=1S/C19H27O10P.Na/c1-19(24,11-10-16-15(22)8-9-18(23)28-16)17(29-30(25,26)27)13-14(21)7-5-3-2-4-6-12-20;/h2-11,14-17,20-22,24H,12-13H2,1H3,(H2,25,26,27);/q;+1/p-1/b3-2-,6-4+,7-5-,11-10+;/t14-,15-,16-,17+,19+;/m0./s1. The van der Waals surface area contributed by atoms with Crippen molar-refractivity contribution < 1.29 is 78.4 Å². The molecule has 0 aliphatic carbocycles. The third kappa shape index (κ3) is 12.7. The van der Waals surface area contributed by atoms with Crippen LogP contribution in [0.1, 0.15) is 13.3 Å². The largest absolute Gasteiger partial charge is 1.00 e. The maximum atomic E-state index is 11.3. The molecular weight excluding hydrogens is 442 g/mol. The number of cyclic esters (lactones) is 1. The zero-order valence-corrected chi connectivity index (χ0v) is 20.1. The Labute approximate surface area is 202 Å². The quantitative estimate of drug-likeness (QED) is 0.0669. The van der Waals surface area contributed by atoms with Crippen molar-refractivity contribution in [3.63, 3.8) is 0 Å². The molecule has 0 saturated heterocycles. The molecule has 0 aromatic carbocycles. The van der Waals surface area contributed by atoms with Gasteiger partial charge in [-0.15, -0.1) is 0 Å². The van der Waals surface area contributed by atoms with Crippen molar-refractivity contribution in [1.82, 2.24) is 0 Å². The molecule has 1 rings (SSSR count). The van der Waals surface area contributed by atoms with E-state index in [1.807, 2.05) is 0 Å². The predicted octanol–water partition coefficient (Wildman–Crippen LogP) is -3.60. The summed E-state index contributed by atoms with van der Waals surface area (Å²) in [4.78, 5) is 31.5. The van der Waals surface area contributed by atoms with E-state index in [0.29, 0.717) is 0 Å². The van der Waals surface area contributed by atoms with Gasteiger partial charge in [0.1, 0.15) is 23.9 Å². The maximum Gasteiger partial charge on any atom is 1.00 e. The van der Waals surface area contributed by atoms with Crippen molar-refractivity contribution in [2.45, 2.75) is 43.4 Å². The SMILES string of the molecule is C[C@@](O)(/C=C/[C@@H]1OC(=O)C=C[C@@H]1O)[C@@H](C[C@@H](O)\C=C/C=C\C=C\CO)OP(=O)([O-])O.[Na+]. The molecule has 168 valence electrons. The van der Waals surface area contributed by atoms with Crippen LogP contribution in [0.5, 0.6) is 0 Å². The van der Waals surface area contributed by atoms with E-state index >= 15 is 0 Å². The number of aliphatic hydroxyl groups is 4. The van der Waals surface area contributed by atoms with Gasteiger partial charge in [-0.05, 0) is 19.1 Å². The molecule has 0 saturated carbocycles. The van der Waals surface area contributed by atoms with Gasteiger partial charge < -0.3 is 39.5 Å². The molecule has 0 bridgehead atoms. The van der Waals surface area contributed by atoms with Gasteiger partial charge in [0.05, 0.1) is 12.7 Å². The van der Waals surface area contributed by atoms with Gasteiger partial charge in [-0.1, -0.05) is 42.5 Å². The number of phosphoric ester groups is 1. The van der Waals surface area contributed by atoms with Crippen LogP contribution in [0.4, 0.5) is 0 Å². The van der Waals surface area contributed by atoms with Crippen LogP contribution in [-0.4, -0.2) is 67.9 Å². The normalized spacial score (nSPS) is 25.5. The molecule has 12 heteroatoms. The van der Waals surface area contributed by atoms with E-state index in [0.717, 1.165) is 25.2 Å². The Hall–Kier alpha value is -0.880. The summed E-state index contributed by atoms with van der Waals surface area (Å²) >= 11 is 0. The Morgan fingerprint density at radius 1 is 1.35 bits per heavy atom. The van der Waals surface area contributed by atoms with Crippen molar-refractivity contribution in [3.8, 4) is 0 Å². The van der Waals surface area contributed by atoms with Crippen LogP contribution in [0.3, 0.4) is 0 Å². The van der Waals surface area contributed by atoms with Gasteiger partial charge in [0.25, 0.3) is 7.82 Å². The molecule has 0 amide bonds. The summed E-state index contributed by atoms with van der Waals surface area (Å²) in [6, 6.07) is 0. The predicted molar refractivity (Wildman–Crippen MR) is 105 cm³/mol. The minimum atomic E-state index is -5.27. The topological polar surface area (TPSA) is 177 Å². The van der Waals surface area contributed by atoms with Crippen molar-refractivity contribution >= 4 is 13.8 Å². The molecular formula is C19H26NaO10P. The van der Waals surface area contributed by atoms with E-state index in [2.05, 4.69) is 4.52 Å². The van der Waals surface area contributed by atoms with Crippen LogP contribution in [0.25, 0.3) is 0 Å². The zero-order valence-electron chi connectivity index (χ0n) is 17.2. The molecule has 0 aromatic heterocycles. The number of ether oxygens (including phenoxy) is 1. The summed E-state index contributed by atoms with van der Waals surface area (Å²) < 4.78 is 20.6. The fourth-order valence-corrected chi connectivity index (χ4v) is 3.01. The van der Waals surface area contributed by atoms with Crippen LogP contribution in [-0.2, 0) is 18.6 Å². The number of aliphatic hydroxyl groups excluding tert-OH is 3. The van der Waals surface area contributed by atoms with Gasteiger partial charge in [0.15, 0.2) is 0 Å². The second-order valence-corrected chi connectivity index (χ2v) is 7.73. The summed E-state index contributed by atoms with van der Waals surface area (Å²) in [5.74, 6) is -0.704. The first-order valence-electron chi connectivity index (χ1n) is 8.94. The molecule has 1 heterocycles. The Bertz CT molecular complexity index is 753. The van der Waals surface area contributed by atoms with Crippen molar-refractivity contribution in [1.29, 1.82) is 0 Å². The average Bonchev–Trinajstić information content (AvgIpc) is 2.63. The van der Waals surface area contributed by atoms with E-state index in [4.69, 9.17) is 14.7 Å². The van der Waals surface area contributed by atoms with Crippen LogP contribution < -0.4 is 34.5 Å². The van der Waals surface area contributed by atoms with Gasteiger partial charge in [0.2, 0.25) is 0 Å². The minimum Gasteiger partial charge on any atom is -0.756 e. The molecule has 6 atom stereocenters. The van der Waals surface area contributed by atoms with Crippen molar-refractivity contribution in [3.05, 3.63) is 60.8 Å². The van der Waals surface area contributed by atoms with Crippen LogP contribution >= 0.6 is 7.82 Å². The molecule has 0 aromatic rings. The number of esters is 1. The average molecular weight is 468 g/mol. The number of allylic oxidation sites excluding steroid dienone is 4. The van der Waals surface area contributed by atoms with E-state index in [1.165, 1.54) is 24.3 Å². The molecule has 5 N–H and O–H groups in total. The Morgan fingerprint density at radius 3 is 2.61 bits per heavy atom. The molecule has 1 aliphatic heterocycles. The molecule has 0 radical (unpaired) electrons. The summed E-state index contributed by atoms with van der Waals surface area (Å²) in [5.41, 5.74) is -2.04. The van der Waals surface area contributed by atoms with E-state index in [1.54, 1.807) is 18.2 Å². The fourth-order valence-electron chi connectivity index (χ4n) is 2.39. The molecule has 1 aliphatic rings. The first kappa shape index (κ1) is 30.1. The third-order valence-corrected chi connectivity index (χ3v) is 4.44. The van der Waals surface area contributed by atoms with E-state index in [9.17, 15) is 29.6 Å². The molecule has 31 heavy (non-hydrogen) atoms. The van der Waals surface area contributed by atoms with Crippen LogP contribution in [0.2, 0.25) is 0 Å². The van der Waals surface area contributed by atoms with Gasteiger partial charge in [-0.3, -0.25) is 4.57 Å². The number of rotatable bonds is 11. The zero-order chi connectivity index (χ0) is 22.8. The summed E-state index contributed by atoms with van der Waals surface area (Å²) in [6.45, 7) is 1.04. The van der Waals surface area contributed by atoms with E-state index in [-0.39, 0.29) is 36.2 Å². The number of carbonyl (C=O) groups excluding carboxylic acids is 1. The van der Waals surface area contributed by atoms with Gasteiger partial charge >= 0.3 is 35.5 Å². The monoisotopic (exact) mass is 468 g/mol. The number of phosphoric acid groups is 1. The number of hydrogen-bond donors (Lipinski definition) is 5. The number of hydrogen-bond acceptors (Lipinski definition) is 9. The Kier molecular flexibility index (Phi) is 13.9. The van der Waals surface area contributed by atoms with Crippen molar-refractivity contribution in [2.75, 3.05) is 6.61 Å². The second kappa shape index (κ2) is 14.3. The van der Waals surface area contributed by atoms with Crippen LogP contribution in [0, 0.1) is 0 Å². The Balaban J connectivity index is 0.00000900. The summed E-state index contributed by atoms with van der Waals surface area (Å²) in [5, 5.41) is 39.1. The molecule has 10 nitrogen and oxygen atoms in total. The van der Waals surface area contributed by atoms with Gasteiger partial charge in [-0.25, -0.2) is 4.79 Å². The van der Waals surface area contributed by atoms with Crippen molar-refractivity contribution in [2.24, 2.45) is 0 Å². The molecule has 0 spiro atoms.